The van der Waals surface area contributed by atoms with E-state index in [1.54, 1.807) is 24.3 Å². The average molecular weight is 269 g/mol. The van der Waals surface area contributed by atoms with Gasteiger partial charge in [-0.25, -0.2) is 0 Å². The maximum absolute atomic E-state index is 10.9. The molecule has 0 aliphatic heterocycles. The van der Waals surface area contributed by atoms with E-state index >= 15 is 0 Å². The fraction of sp³-hybridized carbons (Fsp3) is 0.533. The third kappa shape index (κ3) is 6.06. The number of unbranched alkanes of at least 4 members (excludes halogenated alkanes) is 5. The van der Waals surface area contributed by atoms with Gasteiger partial charge in [0.25, 0.3) is 5.24 Å². The number of benzene rings is 1. The third-order valence-electron chi connectivity index (χ3n) is 2.85. The molecular formula is C15H21ClO2. The Bertz CT molecular complexity index is 346. The molecule has 1 aromatic carbocycles. The summed E-state index contributed by atoms with van der Waals surface area (Å²) < 4.78 is 5.59. The predicted molar refractivity (Wildman–Crippen MR) is 75.5 cm³/mol. The van der Waals surface area contributed by atoms with Gasteiger partial charge in [0, 0.05) is 5.56 Å². The molecule has 0 amide bonds. The van der Waals surface area contributed by atoms with Crippen molar-refractivity contribution in [3.05, 3.63) is 29.8 Å². The molecule has 1 aromatic rings. The van der Waals surface area contributed by atoms with Crippen LogP contribution in [0.4, 0.5) is 0 Å². The fourth-order valence-electron chi connectivity index (χ4n) is 1.75. The maximum atomic E-state index is 10.9. The summed E-state index contributed by atoms with van der Waals surface area (Å²) in [5.74, 6) is 0.797. The highest BCUT2D eigenvalue weighted by Gasteiger charge is 2.01. The van der Waals surface area contributed by atoms with E-state index in [-0.39, 0.29) is 0 Å². The Morgan fingerprint density at radius 1 is 1.06 bits per heavy atom. The van der Waals surface area contributed by atoms with E-state index in [1.807, 2.05) is 0 Å². The second-order valence-electron chi connectivity index (χ2n) is 4.41. The van der Waals surface area contributed by atoms with E-state index in [2.05, 4.69) is 6.92 Å². The number of carbonyl (C=O) groups is 1. The lowest BCUT2D eigenvalue weighted by molar-refractivity contribution is 0.108. The zero-order valence-corrected chi connectivity index (χ0v) is 11.7. The summed E-state index contributed by atoms with van der Waals surface area (Å²) in [7, 11) is 0. The van der Waals surface area contributed by atoms with Gasteiger partial charge in [-0.3, -0.25) is 4.79 Å². The lowest BCUT2D eigenvalue weighted by Gasteiger charge is -2.06. The lowest BCUT2D eigenvalue weighted by atomic mass is 10.1. The smallest absolute Gasteiger partial charge is 0.252 e. The van der Waals surface area contributed by atoms with E-state index in [0.29, 0.717) is 5.56 Å². The minimum atomic E-state index is -0.433. The van der Waals surface area contributed by atoms with Crippen LogP contribution in [-0.2, 0) is 0 Å². The van der Waals surface area contributed by atoms with Gasteiger partial charge in [0.05, 0.1) is 6.61 Å². The molecule has 0 aliphatic rings. The second kappa shape index (κ2) is 8.98. The van der Waals surface area contributed by atoms with Gasteiger partial charge in [0.1, 0.15) is 5.75 Å². The Kier molecular flexibility index (Phi) is 7.51. The van der Waals surface area contributed by atoms with E-state index in [4.69, 9.17) is 16.3 Å². The summed E-state index contributed by atoms with van der Waals surface area (Å²) in [4.78, 5) is 10.9. The third-order valence-corrected chi connectivity index (χ3v) is 3.07. The summed E-state index contributed by atoms with van der Waals surface area (Å²) in [5, 5.41) is -0.433. The monoisotopic (exact) mass is 268 g/mol. The molecule has 100 valence electrons. The molecule has 0 unspecified atom stereocenters. The van der Waals surface area contributed by atoms with Crippen LogP contribution in [-0.4, -0.2) is 11.8 Å². The summed E-state index contributed by atoms with van der Waals surface area (Å²) in [6, 6.07) is 6.94. The molecule has 0 saturated carbocycles. The first-order chi connectivity index (χ1) is 8.74. The Morgan fingerprint density at radius 2 is 1.67 bits per heavy atom. The van der Waals surface area contributed by atoms with E-state index in [0.717, 1.165) is 18.8 Å². The van der Waals surface area contributed by atoms with Crippen LogP contribution in [0.1, 0.15) is 55.8 Å². The Hall–Kier alpha value is -1.02. The maximum Gasteiger partial charge on any atom is 0.252 e. The zero-order chi connectivity index (χ0) is 13.2. The van der Waals surface area contributed by atoms with Crippen LogP contribution in [0, 0.1) is 0 Å². The number of halogens is 1. The van der Waals surface area contributed by atoms with Crippen LogP contribution >= 0.6 is 11.6 Å². The predicted octanol–water partition coefficient (Wildman–Crippen LogP) is 4.80. The highest BCUT2D eigenvalue weighted by Crippen LogP contribution is 2.14. The van der Waals surface area contributed by atoms with Gasteiger partial charge < -0.3 is 4.74 Å². The molecule has 0 fully saturated rings. The van der Waals surface area contributed by atoms with Crippen LogP contribution in [0.2, 0.25) is 0 Å². The van der Waals surface area contributed by atoms with Crippen molar-refractivity contribution in [3.8, 4) is 5.75 Å². The topological polar surface area (TPSA) is 26.3 Å². The molecule has 0 heterocycles. The quantitative estimate of drug-likeness (QED) is 0.475. The van der Waals surface area contributed by atoms with Crippen LogP contribution in [0.3, 0.4) is 0 Å². The SMILES string of the molecule is CCCCCCCCOc1ccc(C(=O)Cl)cc1. The van der Waals surface area contributed by atoms with Gasteiger partial charge in [0.2, 0.25) is 0 Å². The highest BCUT2D eigenvalue weighted by atomic mass is 35.5. The van der Waals surface area contributed by atoms with Crippen molar-refractivity contribution in [2.45, 2.75) is 45.4 Å². The first-order valence-corrected chi connectivity index (χ1v) is 7.04. The van der Waals surface area contributed by atoms with Crippen molar-refractivity contribution in [1.29, 1.82) is 0 Å². The summed E-state index contributed by atoms with van der Waals surface area (Å²) in [6.07, 6.45) is 7.52. The van der Waals surface area contributed by atoms with Crippen molar-refractivity contribution in [2.24, 2.45) is 0 Å². The largest absolute Gasteiger partial charge is 0.494 e. The van der Waals surface area contributed by atoms with Gasteiger partial charge in [-0.2, -0.15) is 0 Å². The number of hydrogen-bond acceptors (Lipinski definition) is 2. The van der Waals surface area contributed by atoms with Gasteiger partial charge in [0.15, 0.2) is 0 Å². The molecule has 0 spiro atoms. The van der Waals surface area contributed by atoms with Gasteiger partial charge in [-0.1, -0.05) is 39.0 Å². The van der Waals surface area contributed by atoms with Crippen molar-refractivity contribution in [2.75, 3.05) is 6.61 Å². The van der Waals surface area contributed by atoms with Crippen molar-refractivity contribution >= 4 is 16.8 Å². The van der Waals surface area contributed by atoms with Gasteiger partial charge in [-0.05, 0) is 42.3 Å². The number of rotatable bonds is 9. The molecule has 0 atom stereocenters. The molecule has 0 aliphatic carbocycles. The number of carbonyl (C=O) groups excluding carboxylic acids is 1. The van der Waals surface area contributed by atoms with Crippen LogP contribution in [0.15, 0.2) is 24.3 Å². The number of hydrogen-bond donors (Lipinski definition) is 0. The first-order valence-electron chi connectivity index (χ1n) is 6.66. The number of ether oxygens (including phenoxy) is 1. The van der Waals surface area contributed by atoms with Crippen molar-refractivity contribution in [3.63, 3.8) is 0 Å². The van der Waals surface area contributed by atoms with E-state index < -0.39 is 5.24 Å². The zero-order valence-electron chi connectivity index (χ0n) is 11.0. The summed E-state index contributed by atoms with van der Waals surface area (Å²) in [5.41, 5.74) is 0.503. The fourth-order valence-corrected chi connectivity index (χ4v) is 1.88. The standard InChI is InChI=1S/C15H21ClO2/c1-2-3-4-5-6-7-12-18-14-10-8-13(9-11-14)15(16)17/h8-11H,2-7,12H2,1H3. The molecule has 0 radical (unpaired) electrons. The molecule has 3 heteroatoms. The molecule has 0 N–H and O–H groups in total. The first kappa shape index (κ1) is 15.0. The Balaban J connectivity index is 2.14. The molecular weight excluding hydrogens is 248 g/mol. The van der Waals surface area contributed by atoms with Crippen LogP contribution in [0.25, 0.3) is 0 Å². The summed E-state index contributed by atoms with van der Waals surface area (Å²) >= 11 is 5.36. The molecule has 0 aromatic heterocycles. The lowest BCUT2D eigenvalue weighted by Crippen LogP contribution is -1.97. The minimum Gasteiger partial charge on any atom is -0.494 e. The molecule has 0 saturated heterocycles. The van der Waals surface area contributed by atoms with Gasteiger partial charge in [-0.15, -0.1) is 0 Å². The molecule has 18 heavy (non-hydrogen) atoms. The summed E-state index contributed by atoms with van der Waals surface area (Å²) in [6.45, 7) is 2.96. The molecule has 2 nitrogen and oxygen atoms in total. The van der Waals surface area contributed by atoms with Crippen LogP contribution < -0.4 is 4.74 Å². The minimum absolute atomic E-state index is 0.433. The van der Waals surface area contributed by atoms with Crippen LogP contribution in [0.5, 0.6) is 5.75 Å². The second-order valence-corrected chi connectivity index (χ2v) is 4.76. The molecule has 1 rings (SSSR count). The van der Waals surface area contributed by atoms with E-state index in [1.165, 1.54) is 32.1 Å². The van der Waals surface area contributed by atoms with Crippen molar-refractivity contribution < 1.29 is 9.53 Å². The van der Waals surface area contributed by atoms with E-state index in [9.17, 15) is 4.79 Å². The highest BCUT2D eigenvalue weighted by molar-refractivity contribution is 6.67. The Morgan fingerprint density at radius 3 is 2.28 bits per heavy atom. The average Bonchev–Trinajstić information content (AvgIpc) is 2.38. The van der Waals surface area contributed by atoms with Gasteiger partial charge >= 0.3 is 0 Å². The normalized spacial score (nSPS) is 10.3. The van der Waals surface area contributed by atoms with Crippen molar-refractivity contribution in [1.82, 2.24) is 0 Å². The Labute approximate surface area is 114 Å². The molecule has 0 bridgehead atoms.